The highest BCUT2D eigenvalue weighted by Crippen LogP contribution is 2.15. The molecule has 0 atom stereocenters. The van der Waals surface area contributed by atoms with Crippen LogP contribution in [-0.4, -0.2) is 17.3 Å². The van der Waals surface area contributed by atoms with Gasteiger partial charge in [0.05, 0.1) is 5.03 Å². The minimum absolute atomic E-state index is 0. The zero-order chi connectivity index (χ0) is 9.36. The molecule has 1 aromatic heterocycles. The molecule has 0 saturated carbocycles. The van der Waals surface area contributed by atoms with Gasteiger partial charge in [-0.1, -0.05) is 12.5 Å². The van der Waals surface area contributed by atoms with Crippen molar-refractivity contribution in [1.82, 2.24) is 4.98 Å². The molecule has 0 unspecified atom stereocenters. The van der Waals surface area contributed by atoms with Crippen LogP contribution in [0.2, 0.25) is 0 Å². The first-order valence-electron chi connectivity index (χ1n) is 4.67. The normalized spacial score (nSPS) is 9.50. The van der Waals surface area contributed by atoms with E-state index in [1.807, 2.05) is 36.2 Å². The van der Waals surface area contributed by atoms with Crippen LogP contribution >= 0.6 is 24.2 Å². The molecule has 0 radical (unpaired) electrons. The van der Waals surface area contributed by atoms with Gasteiger partial charge in [-0.25, -0.2) is 4.98 Å². The van der Waals surface area contributed by atoms with E-state index in [1.165, 1.54) is 12.8 Å². The van der Waals surface area contributed by atoms with Crippen molar-refractivity contribution in [3.05, 3.63) is 24.4 Å². The molecular weight excluding hydrogens is 216 g/mol. The average molecular weight is 233 g/mol. The molecule has 0 aliphatic rings. The molecule has 0 amide bonds. The van der Waals surface area contributed by atoms with Crippen molar-refractivity contribution in [3.8, 4) is 0 Å². The summed E-state index contributed by atoms with van der Waals surface area (Å²) in [7, 11) is 0. The van der Waals surface area contributed by atoms with Gasteiger partial charge in [0.25, 0.3) is 0 Å². The Bertz CT molecular complexity index is 219. The standard InChI is InChI=1S/C10H16N2S.ClH/c11-7-3-1-5-9-13-10-6-2-4-8-12-10;/h2,4,6,8H,1,3,5,7,9,11H2;1H. The van der Waals surface area contributed by atoms with Crippen LogP contribution < -0.4 is 5.73 Å². The van der Waals surface area contributed by atoms with Crippen molar-refractivity contribution in [1.29, 1.82) is 0 Å². The van der Waals surface area contributed by atoms with E-state index < -0.39 is 0 Å². The number of unbranched alkanes of at least 4 members (excludes halogenated alkanes) is 2. The van der Waals surface area contributed by atoms with Gasteiger partial charge in [0.15, 0.2) is 0 Å². The van der Waals surface area contributed by atoms with Crippen LogP contribution in [0.25, 0.3) is 0 Å². The fourth-order valence-corrected chi connectivity index (χ4v) is 1.90. The quantitative estimate of drug-likeness (QED) is 0.606. The van der Waals surface area contributed by atoms with Gasteiger partial charge < -0.3 is 5.73 Å². The molecule has 1 aromatic rings. The van der Waals surface area contributed by atoms with Crippen LogP contribution in [0.15, 0.2) is 29.4 Å². The van der Waals surface area contributed by atoms with Crippen LogP contribution in [0.5, 0.6) is 0 Å². The van der Waals surface area contributed by atoms with Crippen LogP contribution in [0, 0.1) is 0 Å². The van der Waals surface area contributed by atoms with Crippen molar-refractivity contribution in [2.75, 3.05) is 12.3 Å². The highest BCUT2D eigenvalue weighted by Gasteiger charge is 1.93. The van der Waals surface area contributed by atoms with Crippen molar-refractivity contribution < 1.29 is 0 Å². The summed E-state index contributed by atoms with van der Waals surface area (Å²) >= 11 is 1.82. The number of pyridine rings is 1. The molecule has 1 heterocycles. The number of nitrogens with zero attached hydrogens (tertiary/aromatic N) is 1. The second kappa shape index (κ2) is 9.31. The first-order valence-corrected chi connectivity index (χ1v) is 5.66. The Kier molecular flexibility index (Phi) is 9.14. The van der Waals surface area contributed by atoms with Crippen LogP contribution in [-0.2, 0) is 0 Å². The number of nitrogens with two attached hydrogens (primary N) is 1. The molecule has 1 rings (SSSR count). The van der Waals surface area contributed by atoms with Gasteiger partial charge in [0.2, 0.25) is 0 Å². The molecule has 0 spiro atoms. The minimum Gasteiger partial charge on any atom is -0.330 e. The number of hydrogen-bond acceptors (Lipinski definition) is 3. The van der Waals surface area contributed by atoms with E-state index in [0.29, 0.717) is 0 Å². The third-order valence-corrected chi connectivity index (χ3v) is 2.77. The predicted molar refractivity (Wildman–Crippen MR) is 65.1 cm³/mol. The SMILES string of the molecule is Cl.NCCCCCSc1ccccn1. The number of rotatable bonds is 6. The number of thioether (sulfide) groups is 1. The van der Waals surface area contributed by atoms with E-state index in [-0.39, 0.29) is 12.4 Å². The topological polar surface area (TPSA) is 38.9 Å². The highest BCUT2D eigenvalue weighted by atomic mass is 35.5. The van der Waals surface area contributed by atoms with Crippen molar-refractivity contribution in [2.24, 2.45) is 5.73 Å². The lowest BCUT2D eigenvalue weighted by Crippen LogP contribution is -1.97. The molecule has 4 heteroatoms. The maximum absolute atomic E-state index is 5.40. The fourth-order valence-electron chi connectivity index (χ4n) is 1.03. The number of aromatic nitrogens is 1. The molecule has 2 nitrogen and oxygen atoms in total. The van der Waals surface area contributed by atoms with E-state index in [0.717, 1.165) is 23.7 Å². The zero-order valence-corrected chi connectivity index (χ0v) is 9.82. The van der Waals surface area contributed by atoms with E-state index in [9.17, 15) is 0 Å². The van der Waals surface area contributed by atoms with Crippen molar-refractivity contribution >= 4 is 24.2 Å². The summed E-state index contributed by atoms with van der Waals surface area (Å²) in [6.45, 7) is 0.814. The molecule has 0 saturated heterocycles. The van der Waals surface area contributed by atoms with E-state index >= 15 is 0 Å². The Morgan fingerprint density at radius 3 is 2.71 bits per heavy atom. The Morgan fingerprint density at radius 2 is 2.07 bits per heavy atom. The predicted octanol–water partition coefficient (Wildman–Crippen LogP) is 2.72. The maximum atomic E-state index is 5.40. The van der Waals surface area contributed by atoms with Gasteiger partial charge in [-0.15, -0.1) is 24.2 Å². The lowest BCUT2D eigenvalue weighted by Gasteiger charge is -1.99. The minimum atomic E-state index is 0. The molecule has 0 fully saturated rings. The summed E-state index contributed by atoms with van der Waals surface area (Å²) in [5, 5.41) is 1.12. The van der Waals surface area contributed by atoms with Gasteiger partial charge in [-0.05, 0) is 37.3 Å². The molecule has 2 N–H and O–H groups in total. The highest BCUT2D eigenvalue weighted by molar-refractivity contribution is 7.99. The maximum Gasteiger partial charge on any atom is 0.0959 e. The van der Waals surface area contributed by atoms with Crippen molar-refractivity contribution in [2.45, 2.75) is 24.3 Å². The fraction of sp³-hybridized carbons (Fsp3) is 0.500. The second-order valence-electron chi connectivity index (χ2n) is 2.87. The van der Waals surface area contributed by atoms with Gasteiger partial charge >= 0.3 is 0 Å². The lowest BCUT2D eigenvalue weighted by atomic mass is 10.2. The third-order valence-electron chi connectivity index (χ3n) is 1.74. The molecule has 14 heavy (non-hydrogen) atoms. The summed E-state index contributed by atoms with van der Waals surface area (Å²) in [6, 6.07) is 6.02. The summed E-state index contributed by atoms with van der Waals surface area (Å²) in [5.41, 5.74) is 5.40. The van der Waals surface area contributed by atoms with Gasteiger partial charge in [-0.2, -0.15) is 0 Å². The summed E-state index contributed by atoms with van der Waals surface area (Å²) in [5.74, 6) is 1.15. The number of halogens is 1. The van der Waals surface area contributed by atoms with Gasteiger partial charge in [0, 0.05) is 6.20 Å². The van der Waals surface area contributed by atoms with E-state index in [1.54, 1.807) is 0 Å². The van der Waals surface area contributed by atoms with E-state index in [2.05, 4.69) is 4.98 Å². The molecule has 0 bridgehead atoms. The summed E-state index contributed by atoms with van der Waals surface area (Å²) in [6.07, 6.45) is 5.44. The first kappa shape index (κ1) is 13.8. The van der Waals surface area contributed by atoms with Gasteiger partial charge in [0.1, 0.15) is 0 Å². The van der Waals surface area contributed by atoms with Crippen LogP contribution in [0.4, 0.5) is 0 Å². The molecule has 0 aliphatic carbocycles. The Balaban J connectivity index is 0.00000169. The van der Waals surface area contributed by atoms with E-state index in [4.69, 9.17) is 5.73 Å². The summed E-state index contributed by atoms with van der Waals surface area (Å²) < 4.78 is 0. The largest absolute Gasteiger partial charge is 0.330 e. The first-order chi connectivity index (χ1) is 6.43. The smallest absolute Gasteiger partial charge is 0.0959 e. The van der Waals surface area contributed by atoms with Gasteiger partial charge in [-0.3, -0.25) is 0 Å². The molecule has 80 valence electrons. The molecule has 0 aromatic carbocycles. The summed E-state index contributed by atoms with van der Waals surface area (Å²) in [4.78, 5) is 4.23. The Labute approximate surface area is 96.1 Å². The average Bonchev–Trinajstić information content (AvgIpc) is 2.19. The number of hydrogen-bond donors (Lipinski definition) is 1. The lowest BCUT2D eigenvalue weighted by molar-refractivity contribution is 0.732. The Morgan fingerprint density at radius 1 is 1.21 bits per heavy atom. The molecule has 0 aliphatic heterocycles. The second-order valence-corrected chi connectivity index (χ2v) is 3.98. The zero-order valence-electron chi connectivity index (χ0n) is 8.19. The van der Waals surface area contributed by atoms with Crippen LogP contribution in [0.3, 0.4) is 0 Å². The van der Waals surface area contributed by atoms with Crippen LogP contribution in [0.1, 0.15) is 19.3 Å². The Hall–Kier alpha value is -0.250. The molecular formula is C10H17ClN2S. The monoisotopic (exact) mass is 232 g/mol. The van der Waals surface area contributed by atoms with Crippen molar-refractivity contribution in [3.63, 3.8) is 0 Å². The third kappa shape index (κ3) is 6.24.